The normalized spacial score (nSPS) is 17.4. The Balaban J connectivity index is 2.13. The van der Waals surface area contributed by atoms with Gasteiger partial charge in [0, 0.05) is 17.7 Å². The van der Waals surface area contributed by atoms with Gasteiger partial charge in [0.2, 0.25) is 0 Å². The maximum atomic E-state index is 10.8. The molecular weight excluding hydrogens is 266 g/mol. The standard InChI is InChI=1S/C13H18ClN3O2/c1-9-7-12(11(14)8-13(9)17(18)19)15-10-3-5-16(2)6-4-10/h7-8,10,15H,3-6H2,1-2H3. The molecule has 0 saturated carbocycles. The Morgan fingerprint density at radius 1 is 1.42 bits per heavy atom. The van der Waals surface area contributed by atoms with Gasteiger partial charge in [-0.3, -0.25) is 10.1 Å². The largest absolute Gasteiger partial charge is 0.381 e. The number of halogens is 1. The van der Waals surface area contributed by atoms with Crippen molar-refractivity contribution >= 4 is 23.0 Å². The number of rotatable bonds is 3. The van der Waals surface area contributed by atoms with Crippen LogP contribution in [0.1, 0.15) is 18.4 Å². The lowest BCUT2D eigenvalue weighted by Crippen LogP contribution is -2.36. The molecule has 19 heavy (non-hydrogen) atoms. The van der Waals surface area contributed by atoms with Crippen molar-refractivity contribution in [2.75, 3.05) is 25.5 Å². The third-order valence-corrected chi connectivity index (χ3v) is 3.87. The van der Waals surface area contributed by atoms with Gasteiger partial charge >= 0.3 is 0 Å². The third-order valence-electron chi connectivity index (χ3n) is 3.56. The molecule has 1 aliphatic rings. The molecule has 1 aromatic carbocycles. The average molecular weight is 284 g/mol. The van der Waals surface area contributed by atoms with Crippen molar-refractivity contribution in [3.8, 4) is 0 Å². The van der Waals surface area contributed by atoms with Gasteiger partial charge in [-0.1, -0.05) is 11.6 Å². The first-order chi connectivity index (χ1) is 8.97. The summed E-state index contributed by atoms with van der Waals surface area (Å²) in [6.07, 6.45) is 2.12. The number of nitrogens with one attached hydrogen (secondary N) is 1. The minimum Gasteiger partial charge on any atom is -0.381 e. The zero-order valence-electron chi connectivity index (χ0n) is 11.1. The Kier molecular flexibility index (Phi) is 4.27. The summed E-state index contributed by atoms with van der Waals surface area (Å²) in [5, 5.41) is 14.6. The van der Waals surface area contributed by atoms with Crippen molar-refractivity contribution in [1.82, 2.24) is 4.90 Å². The van der Waals surface area contributed by atoms with Gasteiger partial charge in [0.1, 0.15) is 0 Å². The fourth-order valence-corrected chi connectivity index (χ4v) is 2.56. The number of nitrogens with zero attached hydrogens (tertiary/aromatic N) is 2. The molecule has 0 spiro atoms. The van der Waals surface area contributed by atoms with Gasteiger partial charge in [0.25, 0.3) is 5.69 Å². The fourth-order valence-electron chi connectivity index (χ4n) is 2.35. The van der Waals surface area contributed by atoms with Gasteiger partial charge < -0.3 is 10.2 Å². The summed E-state index contributed by atoms with van der Waals surface area (Å²) in [7, 11) is 2.11. The van der Waals surface area contributed by atoms with Crippen molar-refractivity contribution < 1.29 is 4.92 Å². The first-order valence-corrected chi connectivity index (χ1v) is 6.75. The van der Waals surface area contributed by atoms with Crippen molar-refractivity contribution in [2.45, 2.75) is 25.8 Å². The Labute approximate surface area is 117 Å². The number of nitro groups is 1. The first kappa shape index (κ1) is 14.1. The summed E-state index contributed by atoms with van der Waals surface area (Å²) >= 11 is 6.12. The number of nitro benzene ring substituents is 1. The molecule has 0 amide bonds. The summed E-state index contributed by atoms with van der Waals surface area (Å²) < 4.78 is 0. The molecule has 1 heterocycles. The van der Waals surface area contributed by atoms with Crippen LogP contribution in [0.5, 0.6) is 0 Å². The molecule has 1 saturated heterocycles. The molecule has 2 rings (SSSR count). The topological polar surface area (TPSA) is 58.4 Å². The molecular formula is C13H18ClN3O2. The van der Waals surface area contributed by atoms with Crippen LogP contribution in [0.15, 0.2) is 12.1 Å². The van der Waals surface area contributed by atoms with E-state index in [1.807, 2.05) is 0 Å². The van der Waals surface area contributed by atoms with Gasteiger partial charge in [0.15, 0.2) is 0 Å². The van der Waals surface area contributed by atoms with Gasteiger partial charge in [-0.2, -0.15) is 0 Å². The number of aryl methyl sites for hydroxylation is 1. The Morgan fingerprint density at radius 2 is 2.05 bits per heavy atom. The van der Waals surface area contributed by atoms with Crippen molar-refractivity contribution in [2.24, 2.45) is 0 Å². The van der Waals surface area contributed by atoms with Crippen LogP contribution in [0.4, 0.5) is 11.4 Å². The van der Waals surface area contributed by atoms with Crippen LogP contribution < -0.4 is 5.32 Å². The molecule has 0 aromatic heterocycles. The number of anilines is 1. The molecule has 0 aliphatic carbocycles. The van der Waals surface area contributed by atoms with E-state index in [1.165, 1.54) is 6.07 Å². The summed E-state index contributed by atoms with van der Waals surface area (Å²) in [6, 6.07) is 3.57. The predicted octanol–water partition coefficient (Wildman–Crippen LogP) is 3.06. The van der Waals surface area contributed by atoms with Crippen LogP contribution in [0.2, 0.25) is 5.02 Å². The van der Waals surface area contributed by atoms with Crippen molar-refractivity contribution in [3.05, 3.63) is 32.8 Å². The maximum absolute atomic E-state index is 10.8. The second kappa shape index (κ2) is 5.75. The van der Waals surface area contributed by atoms with Gasteiger partial charge in [-0.15, -0.1) is 0 Å². The molecule has 1 aromatic rings. The minimum atomic E-state index is -0.402. The van der Waals surface area contributed by atoms with Gasteiger partial charge in [-0.05, 0) is 46.0 Å². The van der Waals surface area contributed by atoms with E-state index in [0.29, 0.717) is 16.6 Å². The highest BCUT2D eigenvalue weighted by Crippen LogP contribution is 2.31. The van der Waals surface area contributed by atoms with Crippen LogP contribution in [-0.4, -0.2) is 36.0 Å². The predicted molar refractivity (Wildman–Crippen MR) is 77.0 cm³/mol. The molecule has 1 N–H and O–H groups in total. The Morgan fingerprint density at radius 3 is 2.63 bits per heavy atom. The number of hydrogen-bond acceptors (Lipinski definition) is 4. The van der Waals surface area contributed by atoms with E-state index in [9.17, 15) is 10.1 Å². The lowest BCUT2D eigenvalue weighted by Gasteiger charge is -2.30. The summed E-state index contributed by atoms with van der Waals surface area (Å²) in [4.78, 5) is 12.7. The molecule has 1 fully saturated rings. The van der Waals surface area contributed by atoms with Crippen LogP contribution in [0.25, 0.3) is 0 Å². The monoisotopic (exact) mass is 283 g/mol. The number of benzene rings is 1. The highest BCUT2D eigenvalue weighted by molar-refractivity contribution is 6.33. The summed E-state index contributed by atoms with van der Waals surface area (Å²) in [5.74, 6) is 0. The first-order valence-electron chi connectivity index (χ1n) is 6.37. The molecule has 5 nitrogen and oxygen atoms in total. The average Bonchev–Trinajstić information content (AvgIpc) is 2.35. The maximum Gasteiger partial charge on any atom is 0.273 e. The Bertz CT molecular complexity index is 485. The number of likely N-dealkylation sites (tertiary alicyclic amines) is 1. The van der Waals surface area contributed by atoms with E-state index >= 15 is 0 Å². The summed E-state index contributed by atoms with van der Waals surface area (Å²) in [5.41, 5.74) is 1.49. The molecule has 1 aliphatic heterocycles. The van der Waals surface area contributed by atoms with E-state index in [2.05, 4.69) is 17.3 Å². The van der Waals surface area contributed by atoms with Crippen LogP contribution in [0.3, 0.4) is 0 Å². The third kappa shape index (κ3) is 3.36. The van der Waals surface area contributed by atoms with Crippen LogP contribution >= 0.6 is 11.6 Å². The van der Waals surface area contributed by atoms with Gasteiger partial charge in [-0.25, -0.2) is 0 Å². The van der Waals surface area contributed by atoms with E-state index in [0.717, 1.165) is 31.6 Å². The lowest BCUT2D eigenvalue weighted by molar-refractivity contribution is -0.385. The second-order valence-corrected chi connectivity index (χ2v) is 5.50. The van der Waals surface area contributed by atoms with Crippen molar-refractivity contribution in [3.63, 3.8) is 0 Å². The van der Waals surface area contributed by atoms with Crippen molar-refractivity contribution in [1.29, 1.82) is 0 Å². The van der Waals surface area contributed by atoms with E-state index < -0.39 is 4.92 Å². The second-order valence-electron chi connectivity index (χ2n) is 5.10. The highest BCUT2D eigenvalue weighted by atomic mass is 35.5. The molecule has 104 valence electrons. The van der Waals surface area contributed by atoms with Crippen LogP contribution in [-0.2, 0) is 0 Å². The van der Waals surface area contributed by atoms with E-state index in [1.54, 1.807) is 13.0 Å². The summed E-state index contributed by atoms with van der Waals surface area (Å²) in [6.45, 7) is 3.84. The fraction of sp³-hybridized carbons (Fsp3) is 0.538. The van der Waals surface area contributed by atoms with E-state index in [4.69, 9.17) is 11.6 Å². The van der Waals surface area contributed by atoms with Crippen LogP contribution in [0, 0.1) is 17.0 Å². The zero-order valence-corrected chi connectivity index (χ0v) is 11.9. The quantitative estimate of drug-likeness (QED) is 0.684. The highest BCUT2D eigenvalue weighted by Gasteiger charge is 2.19. The minimum absolute atomic E-state index is 0.0685. The smallest absolute Gasteiger partial charge is 0.273 e. The molecule has 0 radical (unpaired) electrons. The molecule has 6 heteroatoms. The number of hydrogen-bond donors (Lipinski definition) is 1. The molecule has 0 unspecified atom stereocenters. The SMILES string of the molecule is Cc1cc(NC2CCN(C)CC2)c(Cl)cc1[N+](=O)[O-]. The number of piperidine rings is 1. The molecule has 0 atom stereocenters. The molecule has 0 bridgehead atoms. The zero-order chi connectivity index (χ0) is 14.0. The van der Waals surface area contributed by atoms with Gasteiger partial charge in [0.05, 0.1) is 15.6 Å². The Hall–Kier alpha value is -1.33. The lowest BCUT2D eigenvalue weighted by atomic mass is 10.0. The van der Waals surface area contributed by atoms with E-state index in [-0.39, 0.29) is 5.69 Å².